The van der Waals surface area contributed by atoms with E-state index >= 15 is 0 Å². The quantitative estimate of drug-likeness (QED) is 0.841. The van der Waals surface area contributed by atoms with E-state index in [1.54, 1.807) is 19.9 Å². The third-order valence-electron chi connectivity index (χ3n) is 2.84. The van der Waals surface area contributed by atoms with Crippen LogP contribution >= 0.6 is 0 Å². The summed E-state index contributed by atoms with van der Waals surface area (Å²) in [7, 11) is 0. The molecular weight excluding hydrogens is 210 g/mol. The Bertz CT molecular complexity index is 384. The molecule has 0 radical (unpaired) electrons. The molecule has 0 bridgehead atoms. The molecule has 0 aliphatic heterocycles. The summed E-state index contributed by atoms with van der Waals surface area (Å²) in [4.78, 5) is 0. The van der Waals surface area contributed by atoms with E-state index in [9.17, 15) is 13.9 Å². The van der Waals surface area contributed by atoms with Crippen molar-refractivity contribution < 1.29 is 13.9 Å². The summed E-state index contributed by atoms with van der Waals surface area (Å²) in [6, 6.07) is 2.86. The van der Waals surface area contributed by atoms with Crippen LogP contribution in [0.1, 0.15) is 44.7 Å². The highest BCUT2D eigenvalue weighted by atomic mass is 19.2. The molecule has 0 saturated heterocycles. The first-order chi connectivity index (χ1) is 7.29. The zero-order valence-electron chi connectivity index (χ0n) is 10.1. The number of hydrogen-bond donors (Lipinski definition) is 1. The van der Waals surface area contributed by atoms with Crippen LogP contribution in [0.4, 0.5) is 8.78 Å². The molecule has 16 heavy (non-hydrogen) atoms. The molecule has 0 heterocycles. The van der Waals surface area contributed by atoms with Gasteiger partial charge in [0, 0.05) is 5.41 Å². The molecular formula is C13H18F2O. The average molecular weight is 228 g/mol. The highest BCUT2D eigenvalue weighted by Crippen LogP contribution is 2.30. The van der Waals surface area contributed by atoms with E-state index in [0.717, 1.165) is 5.56 Å². The van der Waals surface area contributed by atoms with Gasteiger partial charge in [0.25, 0.3) is 0 Å². The van der Waals surface area contributed by atoms with Crippen molar-refractivity contribution in [2.24, 2.45) is 0 Å². The molecule has 90 valence electrons. The summed E-state index contributed by atoms with van der Waals surface area (Å²) >= 11 is 0. The van der Waals surface area contributed by atoms with E-state index in [4.69, 9.17) is 0 Å². The zero-order valence-corrected chi connectivity index (χ0v) is 10.1. The van der Waals surface area contributed by atoms with Gasteiger partial charge in [-0.2, -0.15) is 0 Å². The van der Waals surface area contributed by atoms with Gasteiger partial charge in [-0.25, -0.2) is 8.78 Å². The number of halogens is 2. The molecule has 0 saturated carbocycles. The molecule has 1 N–H and O–H groups in total. The van der Waals surface area contributed by atoms with Crippen LogP contribution < -0.4 is 0 Å². The number of aliphatic hydroxyl groups is 1. The molecule has 1 nitrogen and oxygen atoms in total. The van der Waals surface area contributed by atoms with Gasteiger partial charge >= 0.3 is 0 Å². The Morgan fingerprint density at radius 3 is 2.25 bits per heavy atom. The van der Waals surface area contributed by atoms with Crippen molar-refractivity contribution >= 4 is 0 Å². The van der Waals surface area contributed by atoms with Crippen LogP contribution in [0, 0.1) is 11.6 Å². The minimum absolute atomic E-state index is 0.128. The van der Waals surface area contributed by atoms with Crippen LogP contribution in [0.3, 0.4) is 0 Å². The van der Waals surface area contributed by atoms with Gasteiger partial charge in [-0.3, -0.25) is 0 Å². The van der Waals surface area contributed by atoms with Crippen LogP contribution in [0.5, 0.6) is 0 Å². The van der Waals surface area contributed by atoms with Crippen molar-refractivity contribution in [2.75, 3.05) is 6.61 Å². The number of hydrogen-bond acceptors (Lipinski definition) is 1. The predicted octanol–water partition coefficient (Wildman–Crippen LogP) is 3.36. The molecule has 1 aromatic carbocycles. The minimum atomic E-state index is -0.858. The number of benzene rings is 1. The lowest BCUT2D eigenvalue weighted by Crippen LogP contribution is -2.24. The summed E-state index contributed by atoms with van der Waals surface area (Å²) in [6.07, 6.45) is 0. The van der Waals surface area contributed by atoms with E-state index in [-0.39, 0.29) is 18.1 Å². The van der Waals surface area contributed by atoms with Gasteiger partial charge in [0.1, 0.15) is 0 Å². The Labute approximate surface area is 95.1 Å². The first-order valence-electron chi connectivity index (χ1n) is 5.40. The molecule has 0 spiro atoms. The molecule has 1 aromatic rings. The van der Waals surface area contributed by atoms with Gasteiger partial charge in [0.05, 0.1) is 6.61 Å². The van der Waals surface area contributed by atoms with Crippen molar-refractivity contribution in [2.45, 2.75) is 39.0 Å². The van der Waals surface area contributed by atoms with Gasteiger partial charge in [0.15, 0.2) is 11.6 Å². The van der Waals surface area contributed by atoms with Crippen LogP contribution in [0.25, 0.3) is 0 Å². The van der Waals surface area contributed by atoms with Crippen molar-refractivity contribution in [3.63, 3.8) is 0 Å². The molecule has 0 unspecified atom stereocenters. The Kier molecular flexibility index (Phi) is 3.68. The third kappa shape index (κ3) is 2.40. The molecule has 3 heteroatoms. The van der Waals surface area contributed by atoms with Crippen LogP contribution in [0.2, 0.25) is 0 Å². The molecule has 0 aliphatic carbocycles. The van der Waals surface area contributed by atoms with E-state index in [1.807, 2.05) is 13.8 Å². The second kappa shape index (κ2) is 4.50. The van der Waals surface area contributed by atoms with E-state index in [1.165, 1.54) is 6.07 Å². The topological polar surface area (TPSA) is 20.2 Å². The maximum Gasteiger partial charge on any atom is 0.162 e. The van der Waals surface area contributed by atoms with Crippen molar-refractivity contribution in [3.05, 3.63) is 34.9 Å². The summed E-state index contributed by atoms with van der Waals surface area (Å²) in [5, 5.41) is 9.20. The van der Waals surface area contributed by atoms with Crippen molar-refractivity contribution in [3.8, 4) is 0 Å². The maximum atomic E-state index is 13.6. The summed E-state index contributed by atoms with van der Waals surface area (Å²) in [6.45, 7) is 7.00. The molecule has 1 rings (SSSR count). The van der Waals surface area contributed by atoms with E-state index < -0.39 is 17.0 Å². The van der Waals surface area contributed by atoms with E-state index in [0.29, 0.717) is 0 Å². The molecule has 0 aromatic heterocycles. The largest absolute Gasteiger partial charge is 0.395 e. The predicted molar refractivity (Wildman–Crippen MR) is 60.6 cm³/mol. The smallest absolute Gasteiger partial charge is 0.162 e. The summed E-state index contributed by atoms with van der Waals surface area (Å²) in [5.74, 6) is -1.57. The van der Waals surface area contributed by atoms with Gasteiger partial charge in [-0.15, -0.1) is 0 Å². The van der Waals surface area contributed by atoms with Crippen molar-refractivity contribution in [1.82, 2.24) is 0 Å². The SMILES string of the molecule is CC(C)c1cc(F)c(F)c(C(C)(C)CO)c1. The normalized spacial score (nSPS) is 12.2. The molecule has 0 fully saturated rings. The fourth-order valence-corrected chi connectivity index (χ4v) is 1.52. The second-order valence-corrected chi connectivity index (χ2v) is 5.06. The fourth-order valence-electron chi connectivity index (χ4n) is 1.52. The second-order valence-electron chi connectivity index (χ2n) is 5.06. The van der Waals surface area contributed by atoms with Crippen LogP contribution in [-0.2, 0) is 5.41 Å². The fraction of sp³-hybridized carbons (Fsp3) is 0.538. The maximum absolute atomic E-state index is 13.6. The van der Waals surface area contributed by atoms with Crippen molar-refractivity contribution in [1.29, 1.82) is 0 Å². The van der Waals surface area contributed by atoms with Crippen LogP contribution in [-0.4, -0.2) is 11.7 Å². The lowest BCUT2D eigenvalue weighted by molar-refractivity contribution is 0.214. The van der Waals surface area contributed by atoms with Gasteiger partial charge in [-0.05, 0) is 23.1 Å². The standard InChI is InChI=1S/C13H18F2O/c1-8(2)9-5-10(13(3,4)7-16)12(15)11(14)6-9/h5-6,8,16H,7H2,1-4H3. The third-order valence-corrected chi connectivity index (χ3v) is 2.84. The average Bonchev–Trinajstić information content (AvgIpc) is 2.21. The monoisotopic (exact) mass is 228 g/mol. The number of aliphatic hydroxyl groups excluding tert-OH is 1. The Morgan fingerprint density at radius 2 is 1.81 bits per heavy atom. The zero-order chi connectivity index (χ0) is 12.5. The Morgan fingerprint density at radius 1 is 1.25 bits per heavy atom. The van der Waals surface area contributed by atoms with Crippen LogP contribution in [0.15, 0.2) is 12.1 Å². The summed E-state index contributed by atoms with van der Waals surface area (Å²) in [5.41, 5.74) is 0.213. The lowest BCUT2D eigenvalue weighted by atomic mass is 9.83. The van der Waals surface area contributed by atoms with Gasteiger partial charge in [-0.1, -0.05) is 33.8 Å². The summed E-state index contributed by atoms with van der Waals surface area (Å²) < 4.78 is 27.1. The highest BCUT2D eigenvalue weighted by Gasteiger charge is 2.26. The highest BCUT2D eigenvalue weighted by molar-refractivity contribution is 5.33. The first kappa shape index (κ1) is 13.1. The van der Waals surface area contributed by atoms with Gasteiger partial charge < -0.3 is 5.11 Å². The number of rotatable bonds is 3. The molecule has 0 amide bonds. The molecule has 0 aliphatic rings. The van der Waals surface area contributed by atoms with E-state index in [2.05, 4.69) is 0 Å². The first-order valence-corrected chi connectivity index (χ1v) is 5.40. The minimum Gasteiger partial charge on any atom is -0.395 e. The lowest BCUT2D eigenvalue weighted by Gasteiger charge is -2.24. The van der Waals surface area contributed by atoms with Gasteiger partial charge in [0.2, 0.25) is 0 Å². The Hall–Kier alpha value is -0.960. The Balaban J connectivity index is 3.38. The molecule has 0 atom stereocenters.